The van der Waals surface area contributed by atoms with E-state index in [-0.39, 0.29) is 29.8 Å². The van der Waals surface area contributed by atoms with E-state index in [2.05, 4.69) is 4.90 Å². The number of fused-ring (bicyclic) bond motifs is 1. The Morgan fingerprint density at radius 1 is 1.07 bits per heavy atom. The summed E-state index contributed by atoms with van der Waals surface area (Å²) in [6.45, 7) is 1.89. The third-order valence-electron chi connectivity index (χ3n) is 5.54. The van der Waals surface area contributed by atoms with Crippen molar-refractivity contribution in [1.82, 2.24) is 4.90 Å². The van der Waals surface area contributed by atoms with Gasteiger partial charge in [0.2, 0.25) is 0 Å². The largest absolute Gasteiger partial charge is 0.505 e. The molecule has 4 rings (SSSR count). The van der Waals surface area contributed by atoms with Gasteiger partial charge in [0.15, 0.2) is 17.3 Å². The van der Waals surface area contributed by atoms with Gasteiger partial charge < -0.3 is 9.84 Å². The zero-order valence-electron chi connectivity index (χ0n) is 14.8. The van der Waals surface area contributed by atoms with Crippen molar-refractivity contribution >= 4 is 5.78 Å². The second-order valence-electron chi connectivity index (χ2n) is 7.47. The summed E-state index contributed by atoms with van der Waals surface area (Å²) in [7, 11) is 0. The lowest BCUT2D eigenvalue weighted by Gasteiger charge is -2.19. The van der Waals surface area contributed by atoms with Crippen LogP contribution in [0.25, 0.3) is 0 Å². The van der Waals surface area contributed by atoms with Crippen molar-refractivity contribution in [2.24, 2.45) is 11.8 Å². The number of phenolic OH excluding ortho intramolecular Hbond substituents is 1. The number of hydrogen-bond donors (Lipinski definition) is 1. The lowest BCUT2D eigenvalue weighted by molar-refractivity contribution is 0.0936. The highest BCUT2D eigenvalue weighted by atomic mass is 19.1. The highest BCUT2D eigenvalue weighted by Crippen LogP contribution is 2.39. The second kappa shape index (κ2) is 7.27. The Bertz CT molecular complexity index is 826. The van der Waals surface area contributed by atoms with Crippen LogP contribution in [-0.2, 0) is 0 Å². The molecule has 2 aliphatic rings. The van der Waals surface area contributed by atoms with Gasteiger partial charge in [0, 0.05) is 18.7 Å². The molecule has 0 radical (unpaired) electrons. The Labute approximate surface area is 156 Å². The summed E-state index contributed by atoms with van der Waals surface area (Å²) in [5.74, 6) is -0.0239. The van der Waals surface area contributed by atoms with E-state index in [1.165, 1.54) is 24.3 Å². The van der Waals surface area contributed by atoms with Crippen molar-refractivity contribution in [2.45, 2.75) is 18.9 Å². The van der Waals surface area contributed by atoms with Crippen LogP contribution >= 0.6 is 0 Å². The van der Waals surface area contributed by atoms with Crippen LogP contribution in [0.3, 0.4) is 0 Å². The van der Waals surface area contributed by atoms with E-state index >= 15 is 0 Å². The summed E-state index contributed by atoms with van der Waals surface area (Å²) in [5.41, 5.74) is 0.278. The molecule has 6 heteroatoms. The van der Waals surface area contributed by atoms with Gasteiger partial charge in [0.05, 0.1) is 12.6 Å². The molecule has 4 nitrogen and oxygen atoms in total. The zero-order chi connectivity index (χ0) is 19.0. The quantitative estimate of drug-likeness (QED) is 0.813. The maximum atomic E-state index is 13.4. The van der Waals surface area contributed by atoms with E-state index < -0.39 is 11.6 Å². The van der Waals surface area contributed by atoms with Gasteiger partial charge in [0.25, 0.3) is 0 Å². The van der Waals surface area contributed by atoms with Crippen LogP contribution in [0.5, 0.6) is 11.5 Å². The van der Waals surface area contributed by atoms with E-state index in [9.17, 15) is 18.7 Å². The van der Waals surface area contributed by atoms with Gasteiger partial charge in [-0.15, -0.1) is 0 Å². The molecule has 0 bridgehead atoms. The maximum absolute atomic E-state index is 13.4. The maximum Gasteiger partial charge on any atom is 0.176 e. The second-order valence-corrected chi connectivity index (χ2v) is 7.47. The van der Waals surface area contributed by atoms with Crippen LogP contribution in [0, 0.1) is 23.5 Å². The Morgan fingerprint density at radius 2 is 1.74 bits per heavy atom. The number of ether oxygens (including phenoxy) is 1. The van der Waals surface area contributed by atoms with Gasteiger partial charge in [0.1, 0.15) is 11.6 Å². The molecule has 2 aromatic carbocycles. The Balaban J connectivity index is 1.30. The molecule has 2 atom stereocenters. The number of carbonyl (C=O) groups excluding carboxylic acids is 1. The van der Waals surface area contributed by atoms with Crippen molar-refractivity contribution in [2.75, 3.05) is 19.6 Å². The minimum atomic E-state index is -0.778. The molecule has 0 amide bonds. The summed E-state index contributed by atoms with van der Waals surface area (Å²) in [6.07, 6.45) is 1.95. The minimum Gasteiger partial charge on any atom is -0.505 e. The number of nitrogens with zero attached hydrogens (tertiary/aromatic N) is 1. The number of rotatable bonds is 5. The highest BCUT2D eigenvalue weighted by molar-refractivity contribution is 5.97. The topological polar surface area (TPSA) is 49.8 Å². The third-order valence-corrected chi connectivity index (χ3v) is 5.54. The van der Waals surface area contributed by atoms with Crippen LogP contribution in [0.2, 0.25) is 0 Å². The Hall–Kier alpha value is -2.47. The van der Waals surface area contributed by atoms with E-state index in [4.69, 9.17) is 4.74 Å². The lowest BCUT2D eigenvalue weighted by Crippen LogP contribution is -2.30. The summed E-state index contributed by atoms with van der Waals surface area (Å²) in [5, 5.41) is 9.24. The van der Waals surface area contributed by atoms with Crippen molar-refractivity contribution < 1.29 is 23.4 Å². The van der Waals surface area contributed by atoms with Crippen LogP contribution < -0.4 is 4.74 Å². The number of likely N-dealkylation sites (tertiary alicyclic amines) is 1. The van der Waals surface area contributed by atoms with Crippen LogP contribution in [0.4, 0.5) is 8.78 Å². The number of benzene rings is 2. The fourth-order valence-corrected chi connectivity index (χ4v) is 4.25. The molecule has 0 spiro atoms. The zero-order valence-corrected chi connectivity index (χ0v) is 14.8. The van der Waals surface area contributed by atoms with Crippen molar-refractivity contribution in [3.63, 3.8) is 0 Å². The predicted molar refractivity (Wildman–Crippen MR) is 95.9 cm³/mol. The normalized spacial score (nSPS) is 24.7. The van der Waals surface area contributed by atoms with Gasteiger partial charge in [-0.25, -0.2) is 8.78 Å². The first kappa shape index (κ1) is 17.9. The lowest BCUT2D eigenvalue weighted by atomic mass is 10.0. The van der Waals surface area contributed by atoms with Gasteiger partial charge in [-0.3, -0.25) is 9.69 Å². The van der Waals surface area contributed by atoms with E-state index in [1.54, 1.807) is 12.1 Å². The molecular formula is C21H21F2NO3. The number of halogens is 2. The van der Waals surface area contributed by atoms with E-state index in [0.717, 1.165) is 32.0 Å². The molecule has 1 N–H and O–H groups in total. The number of ketones is 1. The first-order valence-electron chi connectivity index (χ1n) is 9.14. The molecule has 0 aromatic heterocycles. The summed E-state index contributed by atoms with van der Waals surface area (Å²) >= 11 is 0. The molecular weight excluding hydrogens is 352 g/mol. The standard InChI is InChI=1S/C21H21F2NO3/c22-16-2-4-17(5-3-16)27-18-7-14-10-24(11-15(14)8-18)12-21(26)13-1-6-20(25)19(23)9-13/h1-6,9,14-15,18,25H,7-8,10-12H2. The molecule has 142 valence electrons. The number of phenols is 1. The highest BCUT2D eigenvalue weighted by Gasteiger charge is 2.42. The van der Waals surface area contributed by atoms with Crippen LogP contribution in [-0.4, -0.2) is 41.5 Å². The summed E-state index contributed by atoms with van der Waals surface area (Å²) in [6, 6.07) is 9.82. The van der Waals surface area contributed by atoms with Crippen LogP contribution in [0.1, 0.15) is 23.2 Å². The molecule has 1 aliphatic heterocycles. The molecule has 1 aliphatic carbocycles. The first-order chi connectivity index (χ1) is 13.0. The Morgan fingerprint density at radius 3 is 2.37 bits per heavy atom. The first-order valence-corrected chi connectivity index (χ1v) is 9.14. The average Bonchev–Trinajstić information content (AvgIpc) is 3.17. The monoisotopic (exact) mass is 373 g/mol. The fraction of sp³-hybridized carbons (Fsp3) is 0.381. The van der Waals surface area contributed by atoms with Gasteiger partial charge >= 0.3 is 0 Å². The summed E-state index contributed by atoms with van der Waals surface area (Å²) < 4.78 is 32.4. The van der Waals surface area contributed by atoms with Crippen molar-refractivity contribution in [3.05, 3.63) is 59.7 Å². The van der Waals surface area contributed by atoms with Gasteiger partial charge in [-0.05, 0) is 67.1 Å². The van der Waals surface area contributed by atoms with E-state index in [1.807, 2.05) is 0 Å². The van der Waals surface area contributed by atoms with Crippen molar-refractivity contribution in [3.8, 4) is 11.5 Å². The SMILES string of the molecule is O=C(CN1CC2CC(Oc3ccc(F)cc3)CC2C1)c1ccc(O)c(F)c1. The molecule has 1 saturated carbocycles. The molecule has 1 saturated heterocycles. The van der Waals surface area contributed by atoms with Gasteiger partial charge in [-0.1, -0.05) is 0 Å². The predicted octanol–water partition coefficient (Wildman–Crippen LogP) is 3.64. The smallest absolute Gasteiger partial charge is 0.176 e. The third kappa shape index (κ3) is 3.95. The molecule has 2 unspecified atom stereocenters. The van der Waals surface area contributed by atoms with Gasteiger partial charge in [-0.2, -0.15) is 0 Å². The van der Waals surface area contributed by atoms with Crippen molar-refractivity contribution in [1.29, 1.82) is 0 Å². The number of carbonyl (C=O) groups is 1. The molecule has 1 heterocycles. The summed E-state index contributed by atoms with van der Waals surface area (Å²) in [4.78, 5) is 14.5. The Kier molecular flexibility index (Phi) is 4.83. The fourth-order valence-electron chi connectivity index (χ4n) is 4.25. The average molecular weight is 373 g/mol. The molecule has 2 aromatic rings. The molecule has 27 heavy (non-hydrogen) atoms. The van der Waals surface area contributed by atoms with E-state index in [0.29, 0.717) is 17.6 Å². The number of aromatic hydroxyl groups is 1. The molecule has 2 fully saturated rings. The number of hydrogen-bond acceptors (Lipinski definition) is 4. The number of Topliss-reactive ketones (excluding diaryl/α,β-unsaturated/α-hetero) is 1. The minimum absolute atomic E-state index is 0.120. The van der Waals surface area contributed by atoms with Crippen LogP contribution in [0.15, 0.2) is 42.5 Å².